The molecule has 2 N–H and O–H groups in total. The zero-order chi connectivity index (χ0) is 15.1. The van der Waals surface area contributed by atoms with E-state index >= 15 is 0 Å². The average molecular weight is 279 g/mol. The molecule has 0 aliphatic carbocycles. The van der Waals surface area contributed by atoms with Crippen LogP contribution < -0.4 is 11.3 Å². The molecule has 0 saturated carbocycles. The van der Waals surface area contributed by atoms with Gasteiger partial charge in [-0.25, -0.2) is 0 Å². The van der Waals surface area contributed by atoms with Crippen LogP contribution in [0.2, 0.25) is 0 Å². The predicted octanol–water partition coefficient (Wildman–Crippen LogP) is 0.304. The molecule has 1 aromatic rings. The molecule has 0 bridgehead atoms. The Kier molecular flexibility index (Phi) is 3.68. The summed E-state index contributed by atoms with van der Waals surface area (Å²) >= 11 is 0. The number of primary amides is 1. The van der Waals surface area contributed by atoms with Gasteiger partial charge in [-0.2, -0.15) is 5.10 Å². The Balaban J connectivity index is 2.09. The minimum Gasteiger partial charge on any atom is -0.398 e. The second kappa shape index (κ2) is 4.89. The molecule has 20 heavy (non-hydrogen) atoms. The van der Waals surface area contributed by atoms with E-state index in [0.29, 0.717) is 12.1 Å². The molecule has 0 aromatic carbocycles. The third kappa shape index (κ3) is 2.74. The highest BCUT2D eigenvalue weighted by Crippen LogP contribution is 2.36. The average Bonchev–Trinajstić information content (AvgIpc) is 2.82. The Labute approximate surface area is 119 Å². The fourth-order valence-electron chi connectivity index (χ4n) is 1.94. The zero-order valence-electron chi connectivity index (χ0n) is 12.7. The SMILES string of the molecule is CC(Cn1ccc(B2OC(C)(C)C(C)(C)O2)n1)C(N)=O. The molecule has 1 aliphatic heterocycles. The minimum atomic E-state index is -0.481. The Morgan fingerprint density at radius 2 is 1.95 bits per heavy atom. The first kappa shape index (κ1) is 15.1. The highest BCUT2D eigenvalue weighted by molar-refractivity contribution is 6.61. The van der Waals surface area contributed by atoms with Crippen molar-refractivity contribution in [3.63, 3.8) is 0 Å². The second-order valence-corrected chi connectivity index (χ2v) is 6.35. The quantitative estimate of drug-likeness (QED) is 0.804. The molecule has 2 heterocycles. The van der Waals surface area contributed by atoms with Crippen molar-refractivity contribution < 1.29 is 14.1 Å². The summed E-state index contributed by atoms with van der Waals surface area (Å²) in [7, 11) is -0.481. The zero-order valence-corrected chi connectivity index (χ0v) is 12.7. The van der Waals surface area contributed by atoms with Crippen LogP contribution in [0.4, 0.5) is 0 Å². The number of hydrogen-bond donors (Lipinski definition) is 1. The first-order valence-corrected chi connectivity index (χ1v) is 6.81. The lowest BCUT2D eigenvalue weighted by molar-refractivity contribution is -0.121. The molecule has 1 aliphatic rings. The topological polar surface area (TPSA) is 79.4 Å². The van der Waals surface area contributed by atoms with Crippen molar-refractivity contribution >= 4 is 18.6 Å². The Hall–Kier alpha value is -1.34. The molecular formula is C13H22BN3O3. The van der Waals surface area contributed by atoms with Crippen LogP contribution in [-0.4, -0.2) is 34.0 Å². The summed E-state index contributed by atoms with van der Waals surface area (Å²) in [6.07, 6.45) is 1.81. The lowest BCUT2D eigenvalue weighted by Crippen LogP contribution is -2.41. The molecule has 0 radical (unpaired) electrons. The van der Waals surface area contributed by atoms with Gasteiger partial charge >= 0.3 is 7.12 Å². The maximum absolute atomic E-state index is 11.1. The third-order valence-corrected chi connectivity index (χ3v) is 4.10. The van der Waals surface area contributed by atoms with Crippen molar-refractivity contribution in [2.75, 3.05) is 0 Å². The normalized spacial score (nSPS) is 21.9. The fraction of sp³-hybridized carbons (Fsp3) is 0.692. The van der Waals surface area contributed by atoms with E-state index in [-0.39, 0.29) is 23.0 Å². The molecule has 1 atom stereocenters. The Bertz CT molecular complexity index is 497. The molecule has 6 nitrogen and oxygen atoms in total. The van der Waals surface area contributed by atoms with Crippen LogP contribution in [0.25, 0.3) is 0 Å². The Morgan fingerprint density at radius 1 is 1.40 bits per heavy atom. The van der Waals surface area contributed by atoms with Crippen molar-refractivity contribution in [1.29, 1.82) is 0 Å². The molecule has 110 valence electrons. The minimum absolute atomic E-state index is 0.263. The van der Waals surface area contributed by atoms with Gasteiger partial charge in [0.25, 0.3) is 0 Å². The van der Waals surface area contributed by atoms with Gasteiger partial charge < -0.3 is 15.0 Å². The molecule has 1 saturated heterocycles. The number of rotatable bonds is 4. The summed E-state index contributed by atoms with van der Waals surface area (Å²) in [4.78, 5) is 11.1. The van der Waals surface area contributed by atoms with E-state index in [1.807, 2.05) is 33.8 Å². The highest BCUT2D eigenvalue weighted by atomic mass is 16.7. The van der Waals surface area contributed by atoms with Gasteiger partial charge in [0.2, 0.25) is 5.91 Å². The van der Waals surface area contributed by atoms with Crippen molar-refractivity contribution in [3.05, 3.63) is 12.3 Å². The standard InChI is InChI=1S/C13H22BN3O3/c1-9(11(15)18)8-17-7-6-10(16-17)14-19-12(2,3)13(4,5)20-14/h6-7,9H,8H2,1-5H3,(H2,15,18). The number of amides is 1. The van der Waals surface area contributed by atoms with Gasteiger partial charge in [-0.05, 0) is 33.8 Å². The molecule has 7 heteroatoms. The summed E-state index contributed by atoms with van der Waals surface area (Å²) in [6.45, 7) is 10.2. The molecule has 1 fully saturated rings. The lowest BCUT2D eigenvalue weighted by Gasteiger charge is -2.32. The van der Waals surface area contributed by atoms with Crippen LogP contribution in [0.5, 0.6) is 0 Å². The summed E-state index contributed by atoms with van der Waals surface area (Å²) in [5, 5.41) is 4.40. The van der Waals surface area contributed by atoms with Crippen LogP contribution in [0, 0.1) is 5.92 Å². The van der Waals surface area contributed by atoms with Gasteiger partial charge in [0.05, 0.1) is 29.3 Å². The van der Waals surface area contributed by atoms with Gasteiger partial charge in [0.15, 0.2) is 0 Å². The number of carbonyl (C=O) groups excluding carboxylic acids is 1. The van der Waals surface area contributed by atoms with Crippen LogP contribution >= 0.6 is 0 Å². The smallest absolute Gasteiger partial charge is 0.398 e. The van der Waals surface area contributed by atoms with Gasteiger partial charge in [-0.1, -0.05) is 6.92 Å². The molecule has 2 rings (SSSR count). The number of carbonyl (C=O) groups is 1. The maximum Gasteiger partial charge on any atom is 0.516 e. The monoisotopic (exact) mass is 279 g/mol. The number of nitrogens with two attached hydrogens (primary N) is 1. The van der Waals surface area contributed by atoms with E-state index in [9.17, 15) is 4.79 Å². The van der Waals surface area contributed by atoms with Crippen LogP contribution in [0.15, 0.2) is 12.3 Å². The first-order valence-electron chi connectivity index (χ1n) is 6.81. The van der Waals surface area contributed by atoms with Gasteiger partial charge in [0, 0.05) is 6.20 Å². The van der Waals surface area contributed by atoms with Crippen LogP contribution in [-0.2, 0) is 20.6 Å². The lowest BCUT2D eigenvalue weighted by atomic mass is 9.85. The molecule has 0 spiro atoms. The maximum atomic E-state index is 11.1. The van der Waals surface area contributed by atoms with Crippen molar-refractivity contribution in [3.8, 4) is 0 Å². The van der Waals surface area contributed by atoms with Crippen molar-refractivity contribution in [2.45, 2.75) is 52.4 Å². The predicted molar refractivity (Wildman–Crippen MR) is 76.3 cm³/mol. The van der Waals surface area contributed by atoms with Crippen molar-refractivity contribution in [2.24, 2.45) is 11.7 Å². The number of hydrogen-bond acceptors (Lipinski definition) is 4. The number of aromatic nitrogens is 2. The largest absolute Gasteiger partial charge is 0.516 e. The molecule has 1 unspecified atom stereocenters. The summed E-state index contributed by atoms with van der Waals surface area (Å²) in [5.41, 5.74) is 5.19. The highest BCUT2D eigenvalue weighted by Gasteiger charge is 2.52. The summed E-state index contributed by atoms with van der Waals surface area (Å²) in [5.74, 6) is -0.598. The van der Waals surface area contributed by atoms with Crippen LogP contribution in [0.1, 0.15) is 34.6 Å². The summed E-state index contributed by atoms with van der Waals surface area (Å²) < 4.78 is 13.5. The van der Waals surface area contributed by atoms with Crippen molar-refractivity contribution in [1.82, 2.24) is 9.78 Å². The molecular weight excluding hydrogens is 257 g/mol. The fourth-order valence-corrected chi connectivity index (χ4v) is 1.94. The van der Waals surface area contributed by atoms with Gasteiger partial charge in [0.1, 0.15) is 0 Å². The first-order chi connectivity index (χ1) is 9.12. The Morgan fingerprint density at radius 3 is 2.45 bits per heavy atom. The van der Waals surface area contributed by atoms with Crippen LogP contribution in [0.3, 0.4) is 0 Å². The number of nitrogens with zero attached hydrogens (tertiary/aromatic N) is 2. The molecule has 1 aromatic heterocycles. The van der Waals surface area contributed by atoms with Gasteiger partial charge in [-0.15, -0.1) is 0 Å². The summed E-state index contributed by atoms with van der Waals surface area (Å²) in [6, 6.07) is 1.84. The van der Waals surface area contributed by atoms with E-state index in [1.54, 1.807) is 17.8 Å². The van der Waals surface area contributed by atoms with E-state index < -0.39 is 7.12 Å². The molecule has 1 amide bonds. The second-order valence-electron chi connectivity index (χ2n) is 6.35. The van der Waals surface area contributed by atoms with Gasteiger partial charge in [-0.3, -0.25) is 9.48 Å². The van der Waals surface area contributed by atoms with E-state index in [2.05, 4.69) is 5.10 Å². The van der Waals surface area contributed by atoms with E-state index in [1.165, 1.54) is 0 Å². The third-order valence-electron chi connectivity index (χ3n) is 4.10. The van der Waals surface area contributed by atoms with E-state index in [4.69, 9.17) is 15.0 Å². The van der Waals surface area contributed by atoms with E-state index in [0.717, 1.165) is 0 Å².